The van der Waals surface area contributed by atoms with Gasteiger partial charge in [-0.3, -0.25) is 0 Å². The summed E-state index contributed by atoms with van der Waals surface area (Å²) in [6.45, 7) is 2.38. The van der Waals surface area contributed by atoms with Crippen LogP contribution in [0.3, 0.4) is 0 Å². The van der Waals surface area contributed by atoms with Crippen LogP contribution in [0.4, 0.5) is 0 Å². The minimum atomic E-state index is 0.369. The fraction of sp³-hybridized carbons (Fsp3) is 0.309. The monoisotopic (exact) mass is 742 g/mol. The van der Waals surface area contributed by atoms with Crippen LogP contribution in [0, 0.1) is 29.6 Å². The fourth-order valence-electron chi connectivity index (χ4n) is 11.5. The van der Waals surface area contributed by atoms with Crippen molar-refractivity contribution in [1.29, 1.82) is 0 Å². The van der Waals surface area contributed by atoms with E-state index in [1.54, 1.807) is 5.57 Å². The molecule has 0 N–H and O–H groups in total. The number of fused-ring (bicyclic) bond motifs is 6. The quantitative estimate of drug-likeness (QED) is 0.244. The maximum atomic E-state index is 2.75. The molecule has 7 aliphatic carbocycles. The zero-order valence-electron chi connectivity index (χ0n) is 33.3. The number of nitrogens with zero attached hydrogens (tertiary/aromatic N) is 2. The van der Waals surface area contributed by atoms with Crippen molar-refractivity contribution in [3.05, 3.63) is 191 Å². The molecule has 2 nitrogen and oxygen atoms in total. The normalized spacial score (nSPS) is 29.9. The second-order valence-electron chi connectivity index (χ2n) is 17.8. The van der Waals surface area contributed by atoms with Gasteiger partial charge in [-0.15, -0.1) is 0 Å². The molecule has 8 aliphatic rings. The maximum absolute atomic E-state index is 2.75. The van der Waals surface area contributed by atoms with Gasteiger partial charge in [-0.2, -0.15) is 0 Å². The number of likely N-dealkylation sites (tertiary alicyclic amines) is 1. The van der Waals surface area contributed by atoms with Gasteiger partial charge in [-0.05, 0) is 121 Å². The van der Waals surface area contributed by atoms with Crippen molar-refractivity contribution < 1.29 is 0 Å². The summed E-state index contributed by atoms with van der Waals surface area (Å²) in [5, 5.41) is 1.41. The van der Waals surface area contributed by atoms with Gasteiger partial charge in [0, 0.05) is 45.8 Å². The van der Waals surface area contributed by atoms with Gasteiger partial charge in [0.05, 0.1) is 17.6 Å². The highest BCUT2D eigenvalue weighted by Gasteiger charge is 2.46. The molecule has 7 atom stereocenters. The molecule has 57 heavy (non-hydrogen) atoms. The smallest absolute Gasteiger partial charge is 0.0548 e. The summed E-state index contributed by atoms with van der Waals surface area (Å²) >= 11 is 0. The van der Waals surface area contributed by atoms with Crippen LogP contribution in [0.5, 0.6) is 0 Å². The number of benzene rings is 2. The van der Waals surface area contributed by atoms with E-state index in [0.29, 0.717) is 41.7 Å². The summed E-state index contributed by atoms with van der Waals surface area (Å²) < 4.78 is 2.72. The molecule has 0 spiro atoms. The first kappa shape index (κ1) is 34.9. The van der Waals surface area contributed by atoms with Gasteiger partial charge >= 0.3 is 0 Å². The Morgan fingerprint density at radius 1 is 0.702 bits per heavy atom. The van der Waals surface area contributed by atoms with E-state index < -0.39 is 0 Å². The van der Waals surface area contributed by atoms with Crippen molar-refractivity contribution in [2.24, 2.45) is 29.6 Å². The molecule has 284 valence electrons. The van der Waals surface area contributed by atoms with Crippen molar-refractivity contribution in [2.45, 2.75) is 76.8 Å². The molecule has 0 radical (unpaired) electrons. The topological polar surface area (TPSA) is 8.17 Å². The van der Waals surface area contributed by atoms with E-state index in [0.717, 1.165) is 32.1 Å². The van der Waals surface area contributed by atoms with E-state index in [9.17, 15) is 0 Å². The summed E-state index contributed by atoms with van der Waals surface area (Å²) in [6.07, 6.45) is 54.1. The van der Waals surface area contributed by atoms with E-state index in [2.05, 4.69) is 174 Å². The Hall–Kier alpha value is -5.34. The van der Waals surface area contributed by atoms with Gasteiger partial charge in [0.25, 0.3) is 0 Å². The van der Waals surface area contributed by atoms with Gasteiger partial charge in [0.2, 0.25) is 0 Å². The van der Waals surface area contributed by atoms with E-state index in [1.807, 2.05) is 0 Å². The molecule has 0 saturated carbocycles. The Balaban J connectivity index is 0.950. The van der Waals surface area contributed by atoms with E-state index in [-0.39, 0.29) is 0 Å². The average molecular weight is 743 g/mol. The molecular weight excluding hydrogens is 689 g/mol. The zero-order chi connectivity index (χ0) is 37.9. The molecule has 7 unspecified atom stereocenters. The largest absolute Gasteiger partial charge is 0.361 e. The lowest BCUT2D eigenvalue weighted by Crippen LogP contribution is -2.38. The molecule has 1 aromatic heterocycles. The lowest BCUT2D eigenvalue weighted by atomic mass is 9.75. The summed E-state index contributed by atoms with van der Waals surface area (Å²) in [4.78, 5) is 2.75. The predicted octanol–water partition coefficient (Wildman–Crippen LogP) is 13.4. The van der Waals surface area contributed by atoms with Crippen molar-refractivity contribution in [3.8, 4) is 0 Å². The Morgan fingerprint density at radius 2 is 1.54 bits per heavy atom. The highest BCUT2D eigenvalue weighted by atomic mass is 15.2. The predicted molar refractivity (Wildman–Crippen MR) is 241 cm³/mol. The van der Waals surface area contributed by atoms with Crippen molar-refractivity contribution >= 4 is 33.8 Å². The number of aromatic nitrogens is 1. The van der Waals surface area contributed by atoms with Crippen LogP contribution in [0.15, 0.2) is 169 Å². The number of hydrogen-bond donors (Lipinski definition) is 0. The fourth-order valence-corrected chi connectivity index (χ4v) is 11.5. The Bertz CT molecular complexity index is 2490. The second kappa shape index (κ2) is 14.6. The van der Waals surface area contributed by atoms with Crippen molar-refractivity contribution in [3.63, 3.8) is 0 Å². The molecule has 2 aromatic carbocycles. The summed E-state index contributed by atoms with van der Waals surface area (Å²) in [5.41, 5.74) is 15.9. The van der Waals surface area contributed by atoms with Gasteiger partial charge in [0.15, 0.2) is 0 Å². The maximum Gasteiger partial charge on any atom is 0.0548 e. The van der Waals surface area contributed by atoms with E-state index in [4.69, 9.17) is 0 Å². The van der Waals surface area contributed by atoms with Crippen LogP contribution in [0.2, 0.25) is 0 Å². The minimum Gasteiger partial charge on any atom is -0.361 e. The summed E-state index contributed by atoms with van der Waals surface area (Å²) in [5.74, 6) is 2.50. The number of hydrogen-bond acceptors (Lipinski definition) is 1. The standard InChI is InChI=1S/C55H54N2/c1-37-21-28-49-51-36-43(25-30-54(51)57(55(49)31-37)47-33-44(39-15-7-3-8-16-39)32-45(34-47)40-17-9-4-10-18-40)42-24-29-53-50(35-42)48-19-11-12-20-52(48)56(53)46-26-22-41(23-27-46)38-13-5-2-6-14-38/h2,5-7,9,11-26,28-30,33,36-37,44-46,48,50,52H,3-4,8,10,27,31-32,34-35H2,1H3. The lowest BCUT2D eigenvalue weighted by molar-refractivity contribution is 0.267. The highest BCUT2D eigenvalue weighted by molar-refractivity contribution is 5.96. The van der Waals surface area contributed by atoms with E-state index >= 15 is 0 Å². The molecule has 1 saturated heterocycles. The summed E-state index contributed by atoms with van der Waals surface area (Å²) in [7, 11) is 0. The Morgan fingerprint density at radius 3 is 2.35 bits per heavy atom. The first-order chi connectivity index (χ1) is 28.2. The average Bonchev–Trinajstić information content (AvgIpc) is 3.78. The van der Waals surface area contributed by atoms with E-state index in [1.165, 1.54) is 87.1 Å². The third-order valence-electron chi connectivity index (χ3n) is 14.3. The van der Waals surface area contributed by atoms with Gasteiger partial charge < -0.3 is 9.47 Å². The number of rotatable bonds is 6. The van der Waals surface area contributed by atoms with Crippen LogP contribution >= 0.6 is 0 Å². The molecule has 2 heteroatoms. The van der Waals surface area contributed by atoms with Gasteiger partial charge in [-0.1, -0.05) is 147 Å². The SMILES string of the molecule is CC1C=Cc2c(n(C3=CC(C4=CCCC=C4)CC(C4=CCCC=C4)C3)c3ccc(C4=CC=C5C(C4)C4C=CC=CC4N5C4C=CC(c5ccccc5)=CC4)cc23)C1. The molecule has 3 aromatic rings. The van der Waals surface area contributed by atoms with Crippen LogP contribution in [-0.4, -0.2) is 21.6 Å². The van der Waals surface area contributed by atoms with Crippen LogP contribution in [0.25, 0.3) is 33.8 Å². The number of allylic oxidation sites excluding steroid dienone is 19. The first-order valence-corrected chi connectivity index (χ1v) is 21.9. The minimum absolute atomic E-state index is 0.369. The Kier molecular flexibility index (Phi) is 8.90. The highest BCUT2D eigenvalue weighted by Crippen LogP contribution is 2.51. The molecular formula is C55H54N2. The molecule has 0 amide bonds. The van der Waals surface area contributed by atoms with Crippen molar-refractivity contribution in [2.75, 3.05) is 0 Å². The molecule has 0 bridgehead atoms. The lowest BCUT2D eigenvalue weighted by Gasteiger charge is -2.36. The first-order valence-electron chi connectivity index (χ1n) is 21.9. The molecule has 11 rings (SSSR count). The summed E-state index contributed by atoms with van der Waals surface area (Å²) in [6, 6.07) is 19.1. The Labute approximate surface area is 339 Å². The zero-order valence-corrected chi connectivity index (χ0v) is 33.3. The van der Waals surface area contributed by atoms with Gasteiger partial charge in [0.1, 0.15) is 0 Å². The molecule has 1 aliphatic heterocycles. The molecule has 1 fully saturated rings. The van der Waals surface area contributed by atoms with Crippen LogP contribution in [-0.2, 0) is 6.42 Å². The third kappa shape index (κ3) is 6.24. The third-order valence-corrected chi connectivity index (χ3v) is 14.3. The second-order valence-corrected chi connectivity index (χ2v) is 17.8. The van der Waals surface area contributed by atoms with Crippen LogP contribution < -0.4 is 0 Å². The molecule has 2 heterocycles. The van der Waals surface area contributed by atoms with Gasteiger partial charge in [-0.25, -0.2) is 0 Å². The van der Waals surface area contributed by atoms with Crippen LogP contribution in [0.1, 0.15) is 80.7 Å². The van der Waals surface area contributed by atoms with Crippen molar-refractivity contribution in [1.82, 2.24) is 9.47 Å².